The van der Waals surface area contributed by atoms with Gasteiger partial charge in [-0.05, 0) is 5.16 Å². The highest BCUT2D eigenvalue weighted by Gasteiger charge is 2.02. The highest BCUT2D eigenvalue weighted by Crippen LogP contribution is 2.13. The number of nitrogens with zero attached hydrogens (tertiary/aromatic N) is 1. The SMILES string of the molecule is COCCOc1cc(CBr)on1. The van der Waals surface area contributed by atoms with Crippen molar-refractivity contribution < 1.29 is 14.0 Å². The second kappa shape index (κ2) is 5.16. The highest BCUT2D eigenvalue weighted by atomic mass is 79.9. The van der Waals surface area contributed by atoms with Crippen LogP contribution < -0.4 is 4.74 Å². The average molecular weight is 236 g/mol. The smallest absolute Gasteiger partial charge is 0.254 e. The van der Waals surface area contributed by atoms with Gasteiger partial charge in [0.25, 0.3) is 5.88 Å². The Balaban J connectivity index is 2.31. The van der Waals surface area contributed by atoms with Gasteiger partial charge in [0.1, 0.15) is 6.61 Å². The van der Waals surface area contributed by atoms with E-state index < -0.39 is 0 Å². The van der Waals surface area contributed by atoms with Gasteiger partial charge in [0.15, 0.2) is 5.76 Å². The van der Waals surface area contributed by atoms with E-state index in [2.05, 4.69) is 21.1 Å². The van der Waals surface area contributed by atoms with Crippen molar-refractivity contribution in [3.05, 3.63) is 11.8 Å². The van der Waals surface area contributed by atoms with Crippen molar-refractivity contribution in [2.24, 2.45) is 0 Å². The molecule has 0 spiro atoms. The Morgan fingerprint density at radius 2 is 2.42 bits per heavy atom. The number of hydrogen-bond donors (Lipinski definition) is 0. The Kier molecular flexibility index (Phi) is 4.10. The quantitative estimate of drug-likeness (QED) is 0.575. The lowest BCUT2D eigenvalue weighted by atomic mass is 10.5. The van der Waals surface area contributed by atoms with E-state index >= 15 is 0 Å². The minimum absolute atomic E-state index is 0.491. The van der Waals surface area contributed by atoms with Gasteiger partial charge in [-0.25, -0.2) is 0 Å². The fourth-order valence-corrected chi connectivity index (χ4v) is 0.919. The van der Waals surface area contributed by atoms with Crippen molar-refractivity contribution in [2.45, 2.75) is 5.33 Å². The summed E-state index contributed by atoms with van der Waals surface area (Å²) in [5, 5.41) is 4.32. The third-order valence-corrected chi connectivity index (χ3v) is 1.76. The van der Waals surface area contributed by atoms with Crippen LogP contribution in [0.5, 0.6) is 5.88 Å². The van der Waals surface area contributed by atoms with Gasteiger partial charge in [-0.15, -0.1) is 0 Å². The zero-order valence-corrected chi connectivity index (χ0v) is 8.33. The van der Waals surface area contributed by atoms with Crippen LogP contribution in [0.4, 0.5) is 0 Å². The van der Waals surface area contributed by atoms with Gasteiger partial charge in [0.2, 0.25) is 0 Å². The summed E-state index contributed by atoms with van der Waals surface area (Å²) in [6.07, 6.45) is 0. The monoisotopic (exact) mass is 235 g/mol. The van der Waals surface area contributed by atoms with Gasteiger partial charge in [-0.1, -0.05) is 15.9 Å². The number of hydrogen-bond acceptors (Lipinski definition) is 4. The third-order valence-electron chi connectivity index (χ3n) is 1.21. The Morgan fingerprint density at radius 1 is 1.58 bits per heavy atom. The molecule has 0 radical (unpaired) electrons. The van der Waals surface area contributed by atoms with Crippen LogP contribution in [0.25, 0.3) is 0 Å². The van der Waals surface area contributed by atoms with Crippen molar-refractivity contribution in [1.29, 1.82) is 0 Å². The molecule has 68 valence electrons. The van der Waals surface area contributed by atoms with Crippen molar-refractivity contribution in [3.63, 3.8) is 0 Å². The molecule has 1 rings (SSSR count). The third kappa shape index (κ3) is 2.83. The summed E-state index contributed by atoms with van der Waals surface area (Å²) in [6, 6.07) is 1.74. The molecular weight excluding hydrogens is 226 g/mol. The van der Waals surface area contributed by atoms with Crippen LogP contribution >= 0.6 is 15.9 Å². The molecule has 1 aromatic heterocycles. The first-order chi connectivity index (χ1) is 5.86. The predicted octanol–water partition coefficient (Wildman–Crippen LogP) is 1.59. The fraction of sp³-hybridized carbons (Fsp3) is 0.571. The molecule has 0 aliphatic carbocycles. The van der Waals surface area contributed by atoms with Gasteiger partial charge < -0.3 is 14.0 Å². The van der Waals surface area contributed by atoms with Crippen molar-refractivity contribution in [1.82, 2.24) is 5.16 Å². The van der Waals surface area contributed by atoms with E-state index in [4.69, 9.17) is 14.0 Å². The van der Waals surface area contributed by atoms with E-state index in [1.54, 1.807) is 13.2 Å². The second-order valence-electron chi connectivity index (χ2n) is 2.11. The van der Waals surface area contributed by atoms with E-state index in [-0.39, 0.29) is 0 Å². The summed E-state index contributed by atoms with van der Waals surface area (Å²) in [7, 11) is 1.62. The molecule has 5 heteroatoms. The number of alkyl halides is 1. The molecule has 0 bridgehead atoms. The van der Waals surface area contributed by atoms with Crippen LogP contribution in [-0.4, -0.2) is 25.5 Å². The summed E-state index contributed by atoms with van der Waals surface area (Å²) in [4.78, 5) is 0. The Morgan fingerprint density at radius 3 is 3.00 bits per heavy atom. The number of ether oxygens (including phenoxy) is 2. The molecule has 0 N–H and O–H groups in total. The lowest BCUT2D eigenvalue weighted by Crippen LogP contribution is -2.04. The standard InChI is InChI=1S/C7H10BrNO3/c1-10-2-3-11-7-4-6(5-8)12-9-7/h4H,2-3,5H2,1H3. The summed E-state index contributed by atoms with van der Waals surface area (Å²) in [6.45, 7) is 1.04. The van der Waals surface area contributed by atoms with Gasteiger partial charge in [-0.3, -0.25) is 0 Å². The largest absolute Gasteiger partial charge is 0.473 e. The van der Waals surface area contributed by atoms with Crippen LogP contribution in [0.2, 0.25) is 0 Å². The molecule has 0 aliphatic heterocycles. The number of halogens is 1. The van der Waals surface area contributed by atoms with Crippen molar-refractivity contribution in [2.75, 3.05) is 20.3 Å². The molecule has 1 heterocycles. The maximum atomic E-state index is 5.18. The Bertz CT molecular complexity index is 226. The number of aromatic nitrogens is 1. The zero-order valence-electron chi connectivity index (χ0n) is 6.75. The summed E-state index contributed by atoms with van der Waals surface area (Å²) in [5.74, 6) is 1.25. The van der Waals surface area contributed by atoms with Crippen molar-refractivity contribution in [3.8, 4) is 5.88 Å². The second-order valence-corrected chi connectivity index (χ2v) is 2.67. The molecule has 0 amide bonds. The first kappa shape index (κ1) is 9.54. The summed E-state index contributed by atoms with van der Waals surface area (Å²) < 4.78 is 14.9. The first-order valence-corrected chi connectivity index (χ1v) is 4.62. The molecule has 0 atom stereocenters. The minimum atomic E-state index is 0.491. The molecule has 0 aliphatic rings. The maximum Gasteiger partial charge on any atom is 0.254 e. The summed E-state index contributed by atoms with van der Waals surface area (Å²) in [5.41, 5.74) is 0. The molecular formula is C7H10BrNO3. The molecule has 0 aromatic carbocycles. The van der Waals surface area contributed by atoms with Crippen LogP contribution in [0.15, 0.2) is 10.6 Å². The molecule has 4 nitrogen and oxygen atoms in total. The number of methoxy groups -OCH3 is 1. The van der Waals surface area contributed by atoms with E-state index in [1.807, 2.05) is 0 Å². The van der Waals surface area contributed by atoms with E-state index in [0.29, 0.717) is 24.4 Å². The molecule has 0 unspecified atom stereocenters. The minimum Gasteiger partial charge on any atom is -0.473 e. The van der Waals surface area contributed by atoms with E-state index in [0.717, 1.165) is 5.76 Å². The number of rotatable bonds is 5. The predicted molar refractivity (Wildman–Crippen MR) is 46.5 cm³/mol. The topological polar surface area (TPSA) is 44.5 Å². The lowest BCUT2D eigenvalue weighted by molar-refractivity contribution is 0.141. The van der Waals surface area contributed by atoms with Crippen LogP contribution in [0.1, 0.15) is 5.76 Å². The zero-order chi connectivity index (χ0) is 8.81. The molecule has 0 saturated carbocycles. The molecule has 0 fully saturated rings. The fourth-order valence-electron chi connectivity index (χ4n) is 0.655. The van der Waals surface area contributed by atoms with Crippen LogP contribution in [-0.2, 0) is 10.1 Å². The average Bonchev–Trinajstić information content (AvgIpc) is 2.53. The van der Waals surface area contributed by atoms with Crippen LogP contribution in [0.3, 0.4) is 0 Å². The molecule has 0 saturated heterocycles. The van der Waals surface area contributed by atoms with Gasteiger partial charge in [-0.2, -0.15) is 0 Å². The van der Waals surface area contributed by atoms with E-state index in [9.17, 15) is 0 Å². The van der Waals surface area contributed by atoms with Gasteiger partial charge in [0.05, 0.1) is 11.9 Å². The summed E-state index contributed by atoms with van der Waals surface area (Å²) >= 11 is 3.24. The van der Waals surface area contributed by atoms with Gasteiger partial charge in [0, 0.05) is 13.2 Å². The maximum absolute atomic E-state index is 5.18. The Labute approximate surface area is 79.0 Å². The van der Waals surface area contributed by atoms with Gasteiger partial charge >= 0.3 is 0 Å². The highest BCUT2D eigenvalue weighted by molar-refractivity contribution is 9.08. The molecule has 12 heavy (non-hydrogen) atoms. The molecule has 1 aromatic rings. The lowest BCUT2D eigenvalue weighted by Gasteiger charge is -1.98. The normalized spacial score (nSPS) is 10.2. The Hall–Kier alpha value is -0.550. The van der Waals surface area contributed by atoms with E-state index in [1.165, 1.54) is 0 Å². The van der Waals surface area contributed by atoms with Crippen LogP contribution in [0, 0.1) is 0 Å². The van der Waals surface area contributed by atoms with Crippen molar-refractivity contribution >= 4 is 15.9 Å². The first-order valence-electron chi connectivity index (χ1n) is 3.50.